The molecule has 2 aromatic heterocycles. The lowest BCUT2D eigenvalue weighted by molar-refractivity contribution is -0.136. The molecule has 0 radical (unpaired) electrons. The molecule has 342 valence electrons. The van der Waals surface area contributed by atoms with Crippen LogP contribution < -0.4 is 15.4 Å². The molecule has 0 saturated carbocycles. The molecule has 0 spiro atoms. The van der Waals surface area contributed by atoms with Gasteiger partial charge in [-0.2, -0.15) is 5.10 Å². The van der Waals surface area contributed by atoms with Crippen molar-refractivity contribution in [3.05, 3.63) is 97.4 Å². The Labute approximate surface area is 387 Å². The summed E-state index contributed by atoms with van der Waals surface area (Å²) in [5.74, 6) is -2.39. The number of piperazine rings is 1. The highest BCUT2D eigenvalue weighted by molar-refractivity contribution is 6.35. The molecule has 65 heavy (non-hydrogen) atoms. The quantitative estimate of drug-likeness (QED) is 0.0702. The molecule has 0 bridgehead atoms. The molecule has 8 rings (SSSR count). The van der Waals surface area contributed by atoms with E-state index in [9.17, 15) is 29.1 Å². The third-order valence-electron chi connectivity index (χ3n) is 13.0. The highest BCUT2D eigenvalue weighted by Gasteiger charge is 2.45. The monoisotopic (exact) mass is 924 g/mol. The Balaban J connectivity index is 0.927. The molecule has 2 fully saturated rings. The van der Waals surface area contributed by atoms with Crippen LogP contribution >= 0.6 is 23.2 Å². The fourth-order valence-corrected chi connectivity index (χ4v) is 10.0. The van der Waals surface area contributed by atoms with Crippen LogP contribution in [0.4, 0.5) is 5.69 Å². The van der Waals surface area contributed by atoms with E-state index in [4.69, 9.17) is 27.9 Å². The lowest BCUT2D eigenvalue weighted by Crippen LogP contribution is -2.54. The summed E-state index contributed by atoms with van der Waals surface area (Å²) in [4.78, 5) is 70.1. The standard InChI is InChI=1S/C48H54Cl2N8O7/c1-27-25-31(26-28(2)42(27)50)65-24-7-10-32-33-12-13-35(49)41(39-29(3)53-54(5)30(39)4)43(33)57(44(32)48(63)64)23-22-56-20-18-55(19-21-56)17-8-16-51-36-11-6-9-34-40(36)47(62)58(46(34)61)37-14-15-38(59)52-45(37)60/h6,9,11-13,25-26,37,51H,7-8,10,14-24H2,1-5H3,(H,63,64)(H,52,59,60). The number of nitrogens with one attached hydrogen (secondary N) is 2. The number of fused-ring (bicyclic) bond motifs is 2. The summed E-state index contributed by atoms with van der Waals surface area (Å²) in [7, 11) is 1.90. The van der Waals surface area contributed by atoms with Gasteiger partial charge < -0.3 is 24.6 Å². The Morgan fingerprint density at radius 2 is 1.60 bits per heavy atom. The first-order valence-electron chi connectivity index (χ1n) is 22.1. The highest BCUT2D eigenvalue weighted by Crippen LogP contribution is 2.42. The number of imide groups is 2. The van der Waals surface area contributed by atoms with Gasteiger partial charge in [0.25, 0.3) is 11.8 Å². The number of aromatic carboxylic acids is 1. The van der Waals surface area contributed by atoms with Gasteiger partial charge in [-0.25, -0.2) is 4.79 Å². The van der Waals surface area contributed by atoms with Gasteiger partial charge in [0.2, 0.25) is 11.8 Å². The van der Waals surface area contributed by atoms with Crippen molar-refractivity contribution >= 4 is 69.4 Å². The van der Waals surface area contributed by atoms with Gasteiger partial charge in [-0.05, 0) is 107 Å². The molecule has 0 aliphatic carbocycles. The smallest absolute Gasteiger partial charge is 0.352 e. The van der Waals surface area contributed by atoms with Gasteiger partial charge in [0.15, 0.2) is 0 Å². The largest absolute Gasteiger partial charge is 0.494 e. The van der Waals surface area contributed by atoms with Crippen molar-refractivity contribution in [2.24, 2.45) is 7.05 Å². The highest BCUT2D eigenvalue weighted by atomic mass is 35.5. The second-order valence-electron chi connectivity index (χ2n) is 17.2. The number of carbonyl (C=O) groups excluding carboxylic acids is 4. The number of hydrogen-bond donors (Lipinski definition) is 3. The number of piperidine rings is 1. The lowest BCUT2D eigenvalue weighted by atomic mass is 9.98. The number of carboxylic acids is 1. The van der Waals surface area contributed by atoms with Gasteiger partial charge in [0, 0.05) is 92.2 Å². The van der Waals surface area contributed by atoms with Gasteiger partial charge in [0.05, 0.1) is 34.0 Å². The number of aryl methyl sites for hydroxylation is 5. The lowest BCUT2D eigenvalue weighted by Gasteiger charge is -2.35. The van der Waals surface area contributed by atoms with Crippen LogP contribution in [-0.4, -0.2) is 122 Å². The minimum absolute atomic E-state index is 0.0616. The SMILES string of the molecule is Cc1cc(OCCCc2c(C(=O)O)n(CCN3CCN(CCCNc4cccc5c4C(=O)N(C4CCC(=O)NC4=O)C5=O)CC3)c3c(-c4c(C)nn(C)c4C)c(Cl)ccc23)cc(C)c1Cl. The first-order valence-corrected chi connectivity index (χ1v) is 22.9. The van der Waals surface area contributed by atoms with Crippen LogP contribution in [0.2, 0.25) is 10.0 Å². The second-order valence-corrected chi connectivity index (χ2v) is 18.0. The molecule has 3 aliphatic heterocycles. The molecule has 15 nitrogen and oxygen atoms in total. The van der Waals surface area contributed by atoms with Crippen molar-refractivity contribution in [1.82, 2.24) is 34.4 Å². The van der Waals surface area contributed by atoms with Crippen LogP contribution in [0.3, 0.4) is 0 Å². The summed E-state index contributed by atoms with van der Waals surface area (Å²) in [5.41, 5.74) is 8.13. The number of ether oxygens (including phenoxy) is 1. The molecule has 5 heterocycles. The minimum atomic E-state index is -1.02. The number of halogens is 2. The predicted molar refractivity (Wildman–Crippen MR) is 249 cm³/mol. The number of aromatic nitrogens is 3. The van der Waals surface area contributed by atoms with Crippen molar-refractivity contribution in [2.75, 3.05) is 57.7 Å². The van der Waals surface area contributed by atoms with Gasteiger partial charge in [-0.1, -0.05) is 35.3 Å². The van der Waals surface area contributed by atoms with Crippen LogP contribution in [0.25, 0.3) is 22.0 Å². The summed E-state index contributed by atoms with van der Waals surface area (Å²) in [6.45, 7) is 14.0. The molecule has 3 aromatic carbocycles. The van der Waals surface area contributed by atoms with E-state index >= 15 is 0 Å². The van der Waals surface area contributed by atoms with Crippen molar-refractivity contribution in [3.8, 4) is 16.9 Å². The van der Waals surface area contributed by atoms with E-state index in [1.807, 2.05) is 68.3 Å². The average molecular weight is 926 g/mol. The molecule has 2 saturated heterocycles. The van der Waals surface area contributed by atoms with Crippen molar-refractivity contribution in [1.29, 1.82) is 0 Å². The zero-order valence-electron chi connectivity index (χ0n) is 37.4. The molecule has 5 aromatic rings. The topological polar surface area (TPSA) is 171 Å². The summed E-state index contributed by atoms with van der Waals surface area (Å²) < 4.78 is 9.92. The third kappa shape index (κ3) is 8.99. The Kier molecular flexibility index (Phi) is 13.4. The molecule has 3 aliphatic rings. The Hall–Kier alpha value is -5.74. The molecule has 3 N–H and O–H groups in total. The second kappa shape index (κ2) is 19.0. The number of rotatable bonds is 16. The van der Waals surface area contributed by atoms with Crippen LogP contribution in [-0.2, 0) is 29.6 Å². The third-order valence-corrected chi connectivity index (χ3v) is 13.9. The first kappa shape index (κ1) is 45.8. The van der Waals surface area contributed by atoms with E-state index in [2.05, 4.69) is 25.5 Å². The van der Waals surface area contributed by atoms with Crippen LogP contribution in [0.1, 0.15) is 85.0 Å². The van der Waals surface area contributed by atoms with Crippen molar-refractivity contribution < 1.29 is 33.8 Å². The summed E-state index contributed by atoms with van der Waals surface area (Å²) >= 11 is 13.5. The number of anilines is 1. The van der Waals surface area contributed by atoms with Crippen LogP contribution in [0.5, 0.6) is 5.75 Å². The predicted octanol–water partition coefficient (Wildman–Crippen LogP) is 6.81. The van der Waals surface area contributed by atoms with Gasteiger partial charge >= 0.3 is 5.97 Å². The maximum Gasteiger partial charge on any atom is 0.352 e. The normalized spacial score (nSPS) is 17.0. The Morgan fingerprint density at radius 1 is 0.892 bits per heavy atom. The van der Waals surface area contributed by atoms with E-state index in [1.54, 1.807) is 18.2 Å². The number of carboxylic acid groups (broad SMARTS) is 1. The number of amides is 4. The maximum atomic E-state index is 13.5. The van der Waals surface area contributed by atoms with Gasteiger partial charge in [0.1, 0.15) is 17.5 Å². The fraction of sp³-hybridized carbons (Fsp3) is 0.417. The molecule has 4 amide bonds. The van der Waals surface area contributed by atoms with Crippen LogP contribution in [0, 0.1) is 27.7 Å². The zero-order valence-corrected chi connectivity index (χ0v) is 38.9. The molecule has 17 heteroatoms. The minimum Gasteiger partial charge on any atom is -0.494 e. The summed E-state index contributed by atoms with van der Waals surface area (Å²) in [6, 6.07) is 11.7. The number of benzene rings is 3. The van der Waals surface area contributed by atoms with Gasteiger partial charge in [-0.15, -0.1) is 0 Å². The number of nitrogens with zero attached hydrogens (tertiary/aromatic N) is 6. The molecular formula is C48H54Cl2N8O7. The van der Waals surface area contributed by atoms with Crippen molar-refractivity contribution in [2.45, 2.75) is 72.4 Å². The molecular weight excluding hydrogens is 871 g/mol. The first-order chi connectivity index (χ1) is 31.1. The Morgan fingerprint density at radius 3 is 2.26 bits per heavy atom. The number of hydrogen-bond acceptors (Lipinski definition) is 10. The van der Waals surface area contributed by atoms with Gasteiger partial charge in [-0.3, -0.25) is 39.0 Å². The van der Waals surface area contributed by atoms with E-state index in [1.165, 1.54) is 0 Å². The fourth-order valence-electron chi connectivity index (χ4n) is 9.68. The maximum absolute atomic E-state index is 13.5. The molecule has 1 unspecified atom stereocenters. The van der Waals surface area contributed by atoms with E-state index in [0.717, 1.165) is 99.9 Å². The van der Waals surface area contributed by atoms with E-state index < -0.39 is 35.6 Å². The van der Waals surface area contributed by atoms with Crippen LogP contribution in [0.15, 0.2) is 42.5 Å². The number of carbonyl (C=O) groups is 5. The average Bonchev–Trinajstić information content (AvgIpc) is 3.83. The van der Waals surface area contributed by atoms with Crippen molar-refractivity contribution in [3.63, 3.8) is 0 Å². The van der Waals surface area contributed by atoms with E-state index in [0.29, 0.717) is 54.8 Å². The zero-order chi connectivity index (χ0) is 46.3. The summed E-state index contributed by atoms with van der Waals surface area (Å²) in [6.07, 6.45) is 2.02. The molecule has 1 atom stereocenters. The van der Waals surface area contributed by atoms with E-state index in [-0.39, 0.29) is 29.7 Å². The summed E-state index contributed by atoms with van der Waals surface area (Å²) in [5, 5.41) is 23.3. The Bertz CT molecular complexity index is 2710.